The molecule has 0 saturated heterocycles. The number of anilines is 2. The standard InChI is InChI=1S/C11H18ClN3/c1-4-15(7-8(2)3)11-10(13)5-9(12)6-14-11/h5-6,8H,4,7,13H2,1-3H3. The summed E-state index contributed by atoms with van der Waals surface area (Å²) in [6.45, 7) is 8.30. The Morgan fingerprint density at radius 3 is 2.67 bits per heavy atom. The lowest BCUT2D eigenvalue weighted by Gasteiger charge is -2.25. The fraction of sp³-hybridized carbons (Fsp3) is 0.545. The van der Waals surface area contributed by atoms with Crippen molar-refractivity contribution in [1.82, 2.24) is 4.98 Å². The number of pyridine rings is 1. The number of nitrogen functional groups attached to an aromatic ring is 1. The molecular formula is C11H18ClN3. The maximum absolute atomic E-state index is 5.88. The van der Waals surface area contributed by atoms with Gasteiger partial charge in [0.05, 0.1) is 10.7 Å². The van der Waals surface area contributed by atoms with E-state index in [0.717, 1.165) is 18.9 Å². The summed E-state index contributed by atoms with van der Waals surface area (Å²) in [5.41, 5.74) is 6.53. The highest BCUT2D eigenvalue weighted by atomic mass is 35.5. The normalized spacial score (nSPS) is 10.7. The molecular weight excluding hydrogens is 210 g/mol. The summed E-state index contributed by atoms with van der Waals surface area (Å²) in [4.78, 5) is 6.43. The Morgan fingerprint density at radius 1 is 1.53 bits per heavy atom. The highest BCUT2D eigenvalue weighted by Crippen LogP contribution is 2.23. The third-order valence-corrected chi connectivity index (χ3v) is 2.34. The molecule has 0 aromatic carbocycles. The van der Waals surface area contributed by atoms with Crippen LogP contribution in [0.3, 0.4) is 0 Å². The Labute approximate surface area is 96.2 Å². The Bertz CT molecular complexity index is 326. The molecule has 15 heavy (non-hydrogen) atoms. The van der Waals surface area contributed by atoms with Crippen LogP contribution in [0.2, 0.25) is 5.02 Å². The third kappa shape index (κ3) is 3.27. The van der Waals surface area contributed by atoms with Crippen molar-refractivity contribution >= 4 is 23.1 Å². The van der Waals surface area contributed by atoms with Crippen molar-refractivity contribution < 1.29 is 0 Å². The van der Waals surface area contributed by atoms with Crippen molar-refractivity contribution in [2.75, 3.05) is 23.7 Å². The maximum Gasteiger partial charge on any atom is 0.151 e. The molecule has 1 rings (SSSR count). The average Bonchev–Trinajstić information content (AvgIpc) is 2.14. The van der Waals surface area contributed by atoms with Gasteiger partial charge in [-0.2, -0.15) is 0 Å². The van der Waals surface area contributed by atoms with E-state index in [4.69, 9.17) is 17.3 Å². The van der Waals surface area contributed by atoms with E-state index in [1.807, 2.05) is 0 Å². The van der Waals surface area contributed by atoms with E-state index in [-0.39, 0.29) is 0 Å². The molecule has 3 nitrogen and oxygen atoms in total. The van der Waals surface area contributed by atoms with Gasteiger partial charge in [0, 0.05) is 19.3 Å². The summed E-state index contributed by atoms with van der Waals surface area (Å²) < 4.78 is 0. The largest absolute Gasteiger partial charge is 0.396 e. The second kappa shape index (κ2) is 5.21. The first kappa shape index (κ1) is 12.1. The van der Waals surface area contributed by atoms with Crippen LogP contribution in [0.5, 0.6) is 0 Å². The van der Waals surface area contributed by atoms with Gasteiger partial charge >= 0.3 is 0 Å². The molecule has 0 aliphatic heterocycles. The van der Waals surface area contributed by atoms with E-state index in [0.29, 0.717) is 16.6 Å². The predicted octanol–water partition coefficient (Wildman–Crippen LogP) is 2.80. The lowest BCUT2D eigenvalue weighted by atomic mass is 10.2. The van der Waals surface area contributed by atoms with Crippen LogP contribution >= 0.6 is 11.6 Å². The summed E-state index contributed by atoms with van der Waals surface area (Å²) in [5.74, 6) is 1.41. The molecule has 2 N–H and O–H groups in total. The molecule has 0 radical (unpaired) electrons. The first-order valence-electron chi connectivity index (χ1n) is 5.20. The first-order valence-corrected chi connectivity index (χ1v) is 5.58. The summed E-state index contributed by atoms with van der Waals surface area (Å²) in [6, 6.07) is 1.74. The van der Waals surface area contributed by atoms with Gasteiger partial charge in [0.15, 0.2) is 5.82 Å². The molecule has 0 amide bonds. The number of nitrogens with two attached hydrogens (primary N) is 1. The van der Waals surface area contributed by atoms with E-state index in [1.165, 1.54) is 0 Å². The second-order valence-electron chi connectivity index (χ2n) is 4.00. The molecule has 0 fully saturated rings. The number of rotatable bonds is 4. The van der Waals surface area contributed by atoms with Crippen LogP contribution in [-0.2, 0) is 0 Å². The van der Waals surface area contributed by atoms with Gasteiger partial charge in [-0.1, -0.05) is 25.4 Å². The fourth-order valence-electron chi connectivity index (χ4n) is 1.52. The van der Waals surface area contributed by atoms with E-state index < -0.39 is 0 Å². The van der Waals surface area contributed by atoms with Crippen LogP contribution in [0, 0.1) is 5.92 Å². The molecule has 84 valence electrons. The van der Waals surface area contributed by atoms with Crippen molar-refractivity contribution in [3.05, 3.63) is 17.3 Å². The highest BCUT2D eigenvalue weighted by Gasteiger charge is 2.11. The number of hydrogen-bond acceptors (Lipinski definition) is 3. The second-order valence-corrected chi connectivity index (χ2v) is 4.44. The van der Waals surface area contributed by atoms with Crippen LogP contribution in [0.15, 0.2) is 12.3 Å². The van der Waals surface area contributed by atoms with Gasteiger partial charge in [0.2, 0.25) is 0 Å². The smallest absolute Gasteiger partial charge is 0.151 e. The van der Waals surface area contributed by atoms with Crippen LogP contribution in [0.25, 0.3) is 0 Å². The van der Waals surface area contributed by atoms with E-state index in [2.05, 4.69) is 30.7 Å². The van der Waals surface area contributed by atoms with E-state index in [1.54, 1.807) is 12.3 Å². The average molecular weight is 228 g/mol. The van der Waals surface area contributed by atoms with Gasteiger partial charge < -0.3 is 10.6 Å². The van der Waals surface area contributed by atoms with Gasteiger partial charge in [-0.3, -0.25) is 0 Å². The minimum atomic E-state index is 0.580. The highest BCUT2D eigenvalue weighted by molar-refractivity contribution is 6.30. The lowest BCUT2D eigenvalue weighted by Crippen LogP contribution is -2.28. The van der Waals surface area contributed by atoms with Crippen molar-refractivity contribution in [1.29, 1.82) is 0 Å². The Balaban J connectivity index is 2.91. The fourth-order valence-corrected chi connectivity index (χ4v) is 1.68. The number of aromatic nitrogens is 1. The van der Waals surface area contributed by atoms with Crippen molar-refractivity contribution in [3.63, 3.8) is 0 Å². The van der Waals surface area contributed by atoms with Crippen molar-refractivity contribution in [2.24, 2.45) is 5.92 Å². The van der Waals surface area contributed by atoms with E-state index >= 15 is 0 Å². The molecule has 0 aliphatic carbocycles. The maximum atomic E-state index is 5.88. The third-order valence-electron chi connectivity index (χ3n) is 2.13. The quantitative estimate of drug-likeness (QED) is 0.860. The first-order chi connectivity index (χ1) is 7.04. The molecule has 0 unspecified atom stereocenters. The SMILES string of the molecule is CCN(CC(C)C)c1ncc(Cl)cc1N. The van der Waals surface area contributed by atoms with Crippen molar-refractivity contribution in [2.45, 2.75) is 20.8 Å². The number of nitrogens with zero attached hydrogens (tertiary/aromatic N) is 2. The van der Waals surface area contributed by atoms with Crippen LogP contribution in [0.1, 0.15) is 20.8 Å². The minimum absolute atomic E-state index is 0.580. The molecule has 4 heteroatoms. The Morgan fingerprint density at radius 2 is 2.20 bits per heavy atom. The summed E-state index contributed by atoms with van der Waals surface area (Å²) in [6.07, 6.45) is 1.64. The number of hydrogen-bond donors (Lipinski definition) is 1. The molecule has 0 atom stereocenters. The molecule has 0 spiro atoms. The van der Waals surface area contributed by atoms with Gasteiger partial charge in [0.25, 0.3) is 0 Å². The van der Waals surface area contributed by atoms with Crippen molar-refractivity contribution in [3.8, 4) is 0 Å². The molecule has 0 saturated carbocycles. The van der Waals surface area contributed by atoms with Gasteiger partial charge in [-0.25, -0.2) is 4.98 Å². The predicted molar refractivity (Wildman–Crippen MR) is 66.4 cm³/mol. The van der Waals surface area contributed by atoms with Gasteiger partial charge in [-0.15, -0.1) is 0 Å². The summed E-state index contributed by atoms with van der Waals surface area (Å²) >= 11 is 5.81. The summed E-state index contributed by atoms with van der Waals surface area (Å²) in [5, 5.41) is 0.580. The zero-order chi connectivity index (χ0) is 11.4. The van der Waals surface area contributed by atoms with Crippen LogP contribution in [-0.4, -0.2) is 18.1 Å². The minimum Gasteiger partial charge on any atom is -0.396 e. The van der Waals surface area contributed by atoms with E-state index in [9.17, 15) is 0 Å². The monoisotopic (exact) mass is 227 g/mol. The Kier molecular flexibility index (Phi) is 4.21. The molecule has 0 aliphatic rings. The number of halogens is 1. The topological polar surface area (TPSA) is 42.2 Å². The van der Waals surface area contributed by atoms with Crippen LogP contribution < -0.4 is 10.6 Å². The van der Waals surface area contributed by atoms with Crippen LogP contribution in [0.4, 0.5) is 11.5 Å². The van der Waals surface area contributed by atoms with Gasteiger partial charge in [0.1, 0.15) is 0 Å². The Hall–Kier alpha value is -0.960. The zero-order valence-electron chi connectivity index (χ0n) is 9.50. The molecule has 0 bridgehead atoms. The molecule has 1 heterocycles. The molecule has 1 aromatic rings. The molecule has 1 aromatic heterocycles. The van der Waals surface area contributed by atoms with Gasteiger partial charge in [-0.05, 0) is 18.9 Å². The summed E-state index contributed by atoms with van der Waals surface area (Å²) in [7, 11) is 0. The zero-order valence-corrected chi connectivity index (χ0v) is 10.3. The lowest BCUT2D eigenvalue weighted by molar-refractivity contribution is 0.615.